The summed E-state index contributed by atoms with van der Waals surface area (Å²) < 4.78 is 31.5. The van der Waals surface area contributed by atoms with Crippen LogP contribution in [0.3, 0.4) is 0 Å². The van der Waals surface area contributed by atoms with E-state index in [0.29, 0.717) is 27.6 Å². The van der Waals surface area contributed by atoms with E-state index >= 15 is 0 Å². The van der Waals surface area contributed by atoms with Crippen molar-refractivity contribution in [2.24, 2.45) is 5.73 Å². The van der Waals surface area contributed by atoms with E-state index < -0.39 is 21.7 Å². The van der Waals surface area contributed by atoms with Crippen molar-refractivity contribution in [2.45, 2.75) is 18.4 Å². The number of amides is 2. The van der Waals surface area contributed by atoms with Crippen molar-refractivity contribution in [2.75, 3.05) is 18.7 Å². The number of nitrogens with one attached hydrogen (secondary N) is 1. The second-order valence-electron chi connectivity index (χ2n) is 8.16. The molecule has 1 aromatic heterocycles. The predicted octanol–water partition coefficient (Wildman–Crippen LogP) is 3.89. The molecule has 0 saturated carbocycles. The number of carbonyl (C=O) groups excluding carboxylic acids is 2. The highest BCUT2D eigenvalue weighted by molar-refractivity contribution is 7.90. The van der Waals surface area contributed by atoms with Gasteiger partial charge in [-0.1, -0.05) is 29.8 Å². The number of ether oxygens (including phenoxy) is 1. The molecule has 0 unspecified atom stereocenters. The normalized spacial score (nSPS) is 11.6. The Bertz CT molecular complexity index is 1630. The maximum atomic E-state index is 13.1. The van der Waals surface area contributed by atoms with Gasteiger partial charge in [-0.05, 0) is 48.9 Å². The van der Waals surface area contributed by atoms with E-state index in [4.69, 9.17) is 22.1 Å². The maximum absolute atomic E-state index is 13.1. The summed E-state index contributed by atoms with van der Waals surface area (Å²) >= 11 is 6.37. The van der Waals surface area contributed by atoms with Gasteiger partial charge in [0.15, 0.2) is 9.84 Å². The molecule has 36 heavy (non-hydrogen) atoms. The third kappa shape index (κ3) is 4.70. The number of hydrogen-bond donors (Lipinski definition) is 2. The van der Waals surface area contributed by atoms with Gasteiger partial charge in [-0.2, -0.15) is 0 Å². The lowest BCUT2D eigenvalue weighted by molar-refractivity contribution is 0.0997. The smallest absolute Gasteiger partial charge is 0.256 e. The zero-order valence-corrected chi connectivity index (χ0v) is 21.3. The summed E-state index contributed by atoms with van der Waals surface area (Å²) in [6.45, 7) is 1.98. The Hall–Kier alpha value is -3.73. The van der Waals surface area contributed by atoms with Crippen LogP contribution in [0.2, 0.25) is 5.02 Å². The molecule has 0 spiro atoms. The van der Waals surface area contributed by atoms with E-state index in [1.807, 2.05) is 13.0 Å². The number of rotatable bonds is 7. The number of halogens is 1. The lowest BCUT2D eigenvalue weighted by Gasteiger charge is -2.14. The zero-order valence-electron chi connectivity index (χ0n) is 19.7. The van der Waals surface area contributed by atoms with Gasteiger partial charge in [0.05, 0.1) is 27.2 Å². The van der Waals surface area contributed by atoms with Crippen molar-refractivity contribution in [3.63, 3.8) is 0 Å². The fourth-order valence-electron chi connectivity index (χ4n) is 3.99. The van der Waals surface area contributed by atoms with Gasteiger partial charge in [-0.15, -0.1) is 0 Å². The molecule has 0 aliphatic rings. The van der Waals surface area contributed by atoms with Gasteiger partial charge in [0.1, 0.15) is 17.9 Å². The van der Waals surface area contributed by atoms with E-state index in [-0.39, 0.29) is 28.3 Å². The summed E-state index contributed by atoms with van der Waals surface area (Å²) in [5.74, 6) is -0.914. The molecule has 0 atom stereocenters. The van der Waals surface area contributed by atoms with Crippen LogP contribution in [0.4, 0.5) is 5.69 Å². The summed E-state index contributed by atoms with van der Waals surface area (Å²) in [5, 5.41) is 3.23. The molecule has 0 saturated heterocycles. The van der Waals surface area contributed by atoms with E-state index in [1.54, 1.807) is 28.8 Å². The van der Waals surface area contributed by atoms with Gasteiger partial charge in [0.2, 0.25) is 0 Å². The Labute approximate surface area is 212 Å². The number of methoxy groups -OCH3 is 1. The molecule has 3 aromatic carbocycles. The molecule has 0 fully saturated rings. The topological polar surface area (TPSA) is 133 Å². The number of benzene rings is 3. The SMILES string of the molecule is COCc1nc2c(C(N)=O)cc(NC(=O)c3ccccc3S(C)(=O)=O)cc2n1-c1cccc(Cl)c1C. The lowest BCUT2D eigenvalue weighted by Crippen LogP contribution is -2.17. The van der Waals surface area contributed by atoms with Crippen LogP contribution >= 0.6 is 11.6 Å². The molecule has 1 heterocycles. The Balaban J connectivity index is 1.93. The van der Waals surface area contributed by atoms with Crippen LogP contribution < -0.4 is 11.1 Å². The van der Waals surface area contributed by atoms with Gasteiger partial charge >= 0.3 is 0 Å². The Morgan fingerprint density at radius 3 is 2.50 bits per heavy atom. The van der Waals surface area contributed by atoms with Gasteiger partial charge in [-0.3, -0.25) is 14.2 Å². The first-order chi connectivity index (χ1) is 17.0. The molecule has 9 nitrogen and oxygen atoms in total. The average molecular weight is 527 g/mol. The van der Waals surface area contributed by atoms with Crippen LogP contribution in [0.5, 0.6) is 0 Å². The Morgan fingerprint density at radius 2 is 1.83 bits per heavy atom. The van der Waals surface area contributed by atoms with E-state index in [0.717, 1.165) is 11.8 Å². The molecule has 4 rings (SSSR count). The van der Waals surface area contributed by atoms with Crippen LogP contribution in [0.15, 0.2) is 59.5 Å². The largest absolute Gasteiger partial charge is 0.377 e. The number of fused-ring (bicyclic) bond motifs is 1. The van der Waals surface area contributed by atoms with E-state index in [2.05, 4.69) is 10.3 Å². The standard InChI is InChI=1S/C25H23ClN4O5S/c1-14-18(26)8-6-9-19(14)30-20-12-15(11-17(24(27)31)23(20)29-22(30)13-35-2)28-25(32)16-7-4-5-10-21(16)36(3,33)34/h4-12H,13H2,1-3H3,(H2,27,31)(H,28,32). The number of carbonyl (C=O) groups is 2. The van der Waals surface area contributed by atoms with Crippen LogP contribution in [-0.4, -0.2) is 43.1 Å². The molecule has 3 N–H and O–H groups in total. The number of nitrogens with two attached hydrogens (primary N) is 1. The van der Waals surface area contributed by atoms with Crippen molar-refractivity contribution in [1.82, 2.24) is 9.55 Å². The molecular weight excluding hydrogens is 504 g/mol. The first kappa shape index (κ1) is 25.4. The van der Waals surface area contributed by atoms with Crippen molar-refractivity contribution in [3.8, 4) is 5.69 Å². The van der Waals surface area contributed by atoms with Crippen molar-refractivity contribution < 1.29 is 22.7 Å². The number of aromatic nitrogens is 2. The minimum absolute atomic E-state index is 0.0278. The monoisotopic (exact) mass is 526 g/mol. The van der Waals surface area contributed by atoms with Gasteiger partial charge in [0, 0.05) is 24.1 Å². The highest BCUT2D eigenvalue weighted by Crippen LogP contribution is 2.32. The molecule has 0 aliphatic heterocycles. The highest BCUT2D eigenvalue weighted by Gasteiger charge is 2.23. The third-order valence-corrected chi connectivity index (χ3v) is 7.20. The number of imidazole rings is 1. The van der Waals surface area contributed by atoms with Crippen LogP contribution in [-0.2, 0) is 21.2 Å². The van der Waals surface area contributed by atoms with Crippen molar-refractivity contribution in [1.29, 1.82) is 0 Å². The quantitative estimate of drug-likeness (QED) is 0.375. The zero-order chi connectivity index (χ0) is 26.2. The van der Waals surface area contributed by atoms with E-state index in [9.17, 15) is 18.0 Å². The molecule has 0 radical (unpaired) electrons. The Morgan fingerprint density at radius 1 is 1.11 bits per heavy atom. The molecule has 186 valence electrons. The van der Waals surface area contributed by atoms with Crippen molar-refractivity contribution in [3.05, 3.63) is 82.1 Å². The van der Waals surface area contributed by atoms with Crippen molar-refractivity contribution >= 4 is 50.0 Å². The highest BCUT2D eigenvalue weighted by atomic mass is 35.5. The van der Waals surface area contributed by atoms with Crippen LogP contribution in [0.25, 0.3) is 16.7 Å². The molecule has 4 aromatic rings. The van der Waals surface area contributed by atoms with Gasteiger partial charge in [0.25, 0.3) is 11.8 Å². The summed E-state index contributed by atoms with van der Waals surface area (Å²) in [5.41, 5.74) is 8.23. The molecular formula is C25H23ClN4O5S. The summed E-state index contributed by atoms with van der Waals surface area (Å²) in [6, 6.07) is 14.3. The fourth-order valence-corrected chi connectivity index (χ4v) is 5.05. The minimum atomic E-state index is -3.66. The first-order valence-corrected chi connectivity index (χ1v) is 13.0. The molecule has 2 amide bonds. The average Bonchev–Trinajstić information content (AvgIpc) is 3.17. The predicted molar refractivity (Wildman–Crippen MR) is 138 cm³/mol. The summed E-state index contributed by atoms with van der Waals surface area (Å²) in [7, 11) is -2.13. The minimum Gasteiger partial charge on any atom is -0.377 e. The molecule has 0 bridgehead atoms. The third-order valence-electron chi connectivity index (χ3n) is 5.64. The van der Waals surface area contributed by atoms with Crippen LogP contribution in [0, 0.1) is 6.92 Å². The second-order valence-corrected chi connectivity index (χ2v) is 10.6. The number of primary amides is 1. The fraction of sp³-hybridized carbons (Fsp3) is 0.160. The Kier molecular flexibility index (Phi) is 6.85. The molecule has 0 aliphatic carbocycles. The maximum Gasteiger partial charge on any atom is 0.256 e. The van der Waals surface area contributed by atoms with Gasteiger partial charge in [-0.25, -0.2) is 13.4 Å². The van der Waals surface area contributed by atoms with Gasteiger partial charge < -0.3 is 15.8 Å². The van der Waals surface area contributed by atoms with Crippen LogP contribution in [0.1, 0.15) is 32.1 Å². The van der Waals surface area contributed by atoms with E-state index in [1.165, 1.54) is 31.4 Å². The lowest BCUT2D eigenvalue weighted by atomic mass is 10.1. The first-order valence-electron chi connectivity index (χ1n) is 10.7. The number of hydrogen-bond acceptors (Lipinski definition) is 6. The molecule has 11 heteroatoms. The second kappa shape index (κ2) is 9.73. The number of nitrogens with zero attached hydrogens (tertiary/aromatic N) is 2. The summed E-state index contributed by atoms with van der Waals surface area (Å²) in [6.07, 6.45) is 1.03. The number of sulfone groups is 1. The summed E-state index contributed by atoms with van der Waals surface area (Å²) in [4.78, 5) is 30.0. The number of anilines is 1.